The number of ether oxygens (including phenoxy) is 1. The zero-order chi connectivity index (χ0) is 25.7. The molecule has 0 bridgehead atoms. The lowest BCUT2D eigenvalue weighted by Gasteiger charge is -2.20. The number of hydrogen-bond acceptors (Lipinski definition) is 9. The SMILES string of the molecule is CC(C)N.COc1cc(O)c(CN(C=O)CC(=O)NC(C)C(=O)NCC(C)=O)cc1[N+](=O)[O-]. The van der Waals surface area contributed by atoms with Crippen LogP contribution in [-0.2, 0) is 25.7 Å². The first-order valence-electron chi connectivity index (χ1n) is 9.88. The smallest absolute Gasteiger partial charge is 0.311 e. The molecule has 184 valence electrons. The van der Waals surface area contributed by atoms with Crippen LogP contribution in [0.1, 0.15) is 33.3 Å². The first-order valence-corrected chi connectivity index (χ1v) is 9.88. The fraction of sp³-hybridized carbons (Fsp3) is 0.500. The lowest BCUT2D eigenvalue weighted by atomic mass is 10.1. The second kappa shape index (κ2) is 14.3. The third-order valence-electron chi connectivity index (χ3n) is 3.73. The predicted octanol–water partition coefficient (Wildman–Crippen LogP) is -0.169. The highest BCUT2D eigenvalue weighted by Crippen LogP contribution is 2.34. The number of hydrogen-bond donors (Lipinski definition) is 4. The number of phenols is 1. The maximum atomic E-state index is 12.1. The Balaban J connectivity index is 0.00000235. The van der Waals surface area contributed by atoms with Crippen LogP contribution in [0, 0.1) is 10.1 Å². The zero-order valence-electron chi connectivity index (χ0n) is 19.3. The van der Waals surface area contributed by atoms with E-state index >= 15 is 0 Å². The van der Waals surface area contributed by atoms with Crippen LogP contribution in [0.25, 0.3) is 0 Å². The van der Waals surface area contributed by atoms with Gasteiger partial charge in [0, 0.05) is 24.2 Å². The first-order chi connectivity index (χ1) is 15.3. The second-order valence-corrected chi connectivity index (χ2v) is 7.37. The Hall–Kier alpha value is -3.74. The predicted molar refractivity (Wildman–Crippen MR) is 118 cm³/mol. The molecule has 0 saturated heterocycles. The molecule has 0 saturated carbocycles. The summed E-state index contributed by atoms with van der Waals surface area (Å²) in [5.41, 5.74) is 4.73. The van der Waals surface area contributed by atoms with Crippen molar-refractivity contribution < 1.29 is 33.9 Å². The number of phenolic OH excluding ortho intramolecular Hbond substituents is 1. The van der Waals surface area contributed by atoms with Gasteiger partial charge in [-0.25, -0.2) is 0 Å². The van der Waals surface area contributed by atoms with Gasteiger partial charge in [0.2, 0.25) is 24.0 Å². The number of methoxy groups -OCH3 is 1. The van der Waals surface area contributed by atoms with E-state index in [1.807, 2.05) is 13.8 Å². The average molecular weight is 469 g/mol. The molecule has 1 aromatic carbocycles. The average Bonchev–Trinajstić information content (AvgIpc) is 2.71. The van der Waals surface area contributed by atoms with Crippen LogP contribution in [0.15, 0.2) is 12.1 Å². The van der Waals surface area contributed by atoms with Gasteiger partial charge in [0.05, 0.1) is 25.1 Å². The molecule has 0 aliphatic carbocycles. The van der Waals surface area contributed by atoms with Crippen LogP contribution in [0.3, 0.4) is 0 Å². The number of nitrogens with one attached hydrogen (secondary N) is 2. The Morgan fingerprint density at radius 2 is 1.88 bits per heavy atom. The molecular formula is C20H31N5O8. The number of nitro groups is 1. The van der Waals surface area contributed by atoms with E-state index in [1.165, 1.54) is 21.0 Å². The monoisotopic (exact) mass is 469 g/mol. The van der Waals surface area contributed by atoms with Crippen molar-refractivity contribution in [3.8, 4) is 11.5 Å². The summed E-state index contributed by atoms with van der Waals surface area (Å²) in [6.45, 7) is 5.66. The highest BCUT2D eigenvalue weighted by Gasteiger charge is 2.22. The molecule has 13 heteroatoms. The molecule has 13 nitrogen and oxygen atoms in total. The van der Waals surface area contributed by atoms with Crippen molar-refractivity contribution in [1.29, 1.82) is 0 Å². The Labute approximate surface area is 191 Å². The normalized spacial score (nSPS) is 10.9. The number of aromatic hydroxyl groups is 1. The van der Waals surface area contributed by atoms with Crippen LogP contribution < -0.4 is 21.1 Å². The highest BCUT2D eigenvalue weighted by atomic mass is 16.6. The molecule has 0 spiro atoms. The van der Waals surface area contributed by atoms with E-state index in [-0.39, 0.29) is 35.9 Å². The van der Waals surface area contributed by atoms with Gasteiger partial charge in [-0.1, -0.05) is 13.8 Å². The second-order valence-electron chi connectivity index (χ2n) is 7.37. The number of Topliss-reactive ketones (excluding diaryl/α,β-unsaturated/α-hetero) is 1. The molecule has 0 heterocycles. The molecule has 0 aromatic heterocycles. The summed E-state index contributed by atoms with van der Waals surface area (Å²) in [7, 11) is 1.21. The quantitative estimate of drug-likeness (QED) is 0.193. The van der Waals surface area contributed by atoms with Gasteiger partial charge in [-0.05, 0) is 19.9 Å². The van der Waals surface area contributed by atoms with Crippen molar-refractivity contribution in [1.82, 2.24) is 15.5 Å². The number of benzene rings is 1. The summed E-state index contributed by atoms with van der Waals surface area (Å²) in [6, 6.07) is 1.46. The highest BCUT2D eigenvalue weighted by molar-refractivity contribution is 5.90. The fourth-order valence-corrected chi connectivity index (χ4v) is 2.28. The van der Waals surface area contributed by atoms with E-state index in [1.54, 1.807) is 0 Å². The third kappa shape index (κ3) is 11.4. The number of nitro benzene ring substituents is 1. The van der Waals surface area contributed by atoms with Crippen LogP contribution in [0.4, 0.5) is 5.69 Å². The van der Waals surface area contributed by atoms with Gasteiger partial charge >= 0.3 is 5.69 Å². The largest absolute Gasteiger partial charge is 0.507 e. The Morgan fingerprint density at radius 3 is 2.33 bits per heavy atom. The Bertz CT molecular complexity index is 856. The van der Waals surface area contributed by atoms with Gasteiger partial charge in [-0.2, -0.15) is 0 Å². The van der Waals surface area contributed by atoms with E-state index in [0.29, 0.717) is 12.5 Å². The summed E-state index contributed by atoms with van der Waals surface area (Å²) >= 11 is 0. The maximum Gasteiger partial charge on any atom is 0.311 e. The maximum absolute atomic E-state index is 12.1. The van der Waals surface area contributed by atoms with Gasteiger partial charge in [0.15, 0.2) is 0 Å². The lowest BCUT2D eigenvalue weighted by Crippen LogP contribution is -2.48. The standard InChI is InChI=1S/C17H22N4O8.C3H9N/c1-10(23)6-18-17(26)11(2)19-16(25)8-20(9-22)7-12-4-13(21(27)28)15(29-3)5-14(12)24;1-3(2)4/h4-5,9,11,24H,6-8H2,1-3H3,(H,18,26)(H,19,25);3H,4H2,1-2H3. The summed E-state index contributed by atoms with van der Waals surface area (Å²) in [5.74, 6) is -2.01. The zero-order valence-corrected chi connectivity index (χ0v) is 19.3. The molecule has 1 aromatic rings. The van der Waals surface area contributed by atoms with Gasteiger partial charge < -0.3 is 31.1 Å². The minimum Gasteiger partial charge on any atom is -0.507 e. The van der Waals surface area contributed by atoms with Gasteiger partial charge in [-0.3, -0.25) is 29.3 Å². The van der Waals surface area contributed by atoms with Crippen molar-refractivity contribution in [2.24, 2.45) is 5.73 Å². The summed E-state index contributed by atoms with van der Waals surface area (Å²) in [4.78, 5) is 57.3. The third-order valence-corrected chi connectivity index (χ3v) is 3.73. The number of ketones is 1. The number of nitrogens with two attached hydrogens (primary N) is 1. The van der Waals surface area contributed by atoms with Crippen molar-refractivity contribution in [2.75, 3.05) is 20.2 Å². The van der Waals surface area contributed by atoms with Crippen LogP contribution in [0.5, 0.6) is 11.5 Å². The lowest BCUT2D eigenvalue weighted by molar-refractivity contribution is -0.385. The van der Waals surface area contributed by atoms with E-state index in [9.17, 15) is 34.4 Å². The Morgan fingerprint density at radius 1 is 1.30 bits per heavy atom. The van der Waals surface area contributed by atoms with E-state index in [0.717, 1.165) is 17.0 Å². The van der Waals surface area contributed by atoms with Crippen LogP contribution in [-0.4, -0.2) is 71.2 Å². The molecule has 0 radical (unpaired) electrons. The summed E-state index contributed by atoms with van der Waals surface area (Å²) < 4.78 is 4.83. The van der Waals surface area contributed by atoms with Crippen LogP contribution in [0.2, 0.25) is 0 Å². The molecule has 3 amide bonds. The van der Waals surface area contributed by atoms with E-state index < -0.39 is 35.0 Å². The summed E-state index contributed by atoms with van der Waals surface area (Å²) in [5, 5.41) is 25.8. The molecule has 1 atom stereocenters. The number of nitrogens with zero attached hydrogens (tertiary/aromatic N) is 2. The van der Waals surface area contributed by atoms with Gasteiger partial charge in [0.1, 0.15) is 17.6 Å². The van der Waals surface area contributed by atoms with E-state index in [4.69, 9.17) is 10.5 Å². The molecule has 1 unspecified atom stereocenters. The number of amides is 3. The molecule has 5 N–H and O–H groups in total. The first kappa shape index (κ1) is 29.3. The minimum atomic E-state index is -0.953. The van der Waals surface area contributed by atoms with Crippen molar-refractivity contribution in [3.05, 3.63) is 27.8 Å². The fourth-order valence-electron chi connectivity index (χ4n) is 2.28. The van der Waals surface area contributed by atoms with Crippen molar-refractivity contribution >= 4 is 29.7 Å². The van der Waals surface area contributed by atoms with E-state index in [2.05, 4.69) is 10.6 Å². The number of rotatable bonds is 11. The molecular weight excluding hydrogens is 438 g/mol. The number of carbonyl (C=O) groups is 4. The topological polar surface area (TPSA) is 194 Å². The Kier molecular flexibility index (Phi) is 12.7. The van der Waals surface area contributed by atoms with Gasteiger partial charge in [-0.15, -0.1) is 0 Å². The molecule has 0 fully saturated rings. The van der Waals surface area contributed by atoms with Crippen molar-refractivity contribution in [3.63, 3.8) is 0 Å². The number of carbonyl (C=O) groups excluding carboxylic acids is 4. The molecule has 0 aliphatic heterocycles. The van der Waals surface area contributed by atoms with Crippen LogP contribution >= 0.6 is 0 Å². The molecule has 33 heavy (non-hydrogen) atoms. The molecule has 0 aliphatic rings. The summed E-state index contributed by atoms with van der Waals surface area (Å²) in [6.07, 6.45) is 0.329. The van der Waals surface area contributed by atoms with Gasteiger partial charge in [0.25, 0.3) is 0 Å². The van der Waals surface area contributed by atoms with Crippen molar-refractivity contribution in [2.45, 2.75) is 46.3 Å². The minimum absolute atomic E-state index is 0.0321. The molecule has 1 rings (SSSR count).